The molecule has 0 aromatic heterocycles. The standard InChI is InChI=1S/C19H21ClN2O2/c20-15-3-1-14(2-4-15)12-21-16-7-8-22(13-16)17-5-6-18-19(11-17)24-10-9-23-18/h1-6,11,16,21H,7-10,12-13H2. The second kappa shape index (κ2) is 6.91. The van der Waals surface area contributed by atoms with Crippen molar-refractivity contribution in [3.8, 4) is 11.5 Å². The average molecular weight is 345 g/mol. The minimum atomic E-state index is 0.494. The molecule has 0 aliphatic carbocycles. The zero-order valence-corrected chi connectivity index (χ0v) is 14.3. The Bertz CT molecular complexity index is 705. The monoisotopic (exact) mass is 344 g/mol. The Hall–Kier alpha value is -1.91. The Morgan fingerprint density at radius 3 is 2.67 bits per heavy atom. The number of nitrogens with one attached hydrogen (secondary N) is 1. The van der Waals surface area contributed by atoms with Crippen molar-refractivity contribution < 1.29 is 9.47 Å². The number of hydrogen-bond acceptors (Lipinski definition) is 4. The molecule has 1 saturated heterocycles. The Morgan fingerprint density at radius 1 is 1.04 bits per heavy atom. The summed E-state index contributed by atoms with van der Waals surface area (Å²) in [6, 6.07) is 14.7. The van der Waals surface area contributed by atoms with Crippen LogP contribution in [-0.4, -0.2) is 32.3 Å². The van der Waals surface area contributed by atoms with Gasteiger partial charge in [0.2, 0.25) is 0 Å². The van der Waals surface area contributed by atoms with Gasteiger partial charge in [0.25, 0.3) is 0 Å². The predicted octanol–water partition coefficient (Wildman–Crippen LogP) is 3.48. The van der Waals surface area contributed by atoms with Gasteiger partial charge in [0.1, 0.15) is 13.2 Å². The normalized spacial score (nSPS) is 19.5. The molecule has 1 atom stereocenters. The molecule has 0 saturated carbocycles. The van der Waals surface area contributed by atoms with Crippen molar-refractivity contribution in [1.82, 2.24) is 5.32 Å². The van der Waals surface area contributed by atoms with Gasteiger partial charge in [0.05, 0.1) is 0 Å². The highest BCUT2D eigenvalue weighted by Gasteiger charge is 2.23. The molecular weight excluding hydrogens is 324 g/mol. The van der Waals surface area contributed by atoms with Gasteiger partial charge in [-0.15, -0.1) is 0 Å². The van der Waals surface area contributed by atoms with Crippen molar-refractivity contribution in [2.45, 2.75) is 19.0 Å². The minimum Gasteiger partial charge on any atom is -0.486 e. The van der Waals surface area contributed by atoms with E-state index in [2.05, 4.69) is 34.5 Å². The molecule has 0 radical (unpaired) electrons. The molecule has 4 nitrogen and oxygen atoms in total. The lowest BCUT2D eigenvalue weighted by Crippen LogP contribution is -2.32. The fourth-order valence-electron chi connectivity index (χ4n) is 3.25. The third-order valence-corrected chi connectivity index (χ3v) is 4.84. The summed E-state index contributed by atoms with van der Waals surface area (Å²) in [6.45, 7) is 4.19. The molecule has 0 amide bonds. The van der Waals surface area contributed by atoms with E-state index in [1.165, 1.54) is 11.3 Å². The first-order valence-corrected chi connectivity index (χ1v) is 8.78. The summed E-state index contributed by atoms with van der Waals surface area (Å²) in [6.07, 6.45) is 1.14. The quantitative estimate of drug-likeness (QED) is 0.920. The fourth-order valence-corrected chi connectivity index (χ4v) is 3.38. The van der Waals surface area contributed by atoms with E-state index in [0.717, 1.165) is 42.6 Å². The number of fused-ring (bicyclic) bond motifs is 1. The van der Waals surface area contributed by atoms with Gasteiger partial charge in [0, 0.05) is 42.5 Å². The number of benzene rings is 2. The molecule has 2 aromatic carbocycles. The number of anilines is 1. The molecule has 1 unspecified atom stereocenters. The fraction of sp³-hybridized carbons (Fsp3) is 0.368. The van der Waals surface area contributed by atoms with Crippen LogP contribution in [0.25, 0.3) is 0 Å². The van der Waals surface area contributed by atoms with E-state index in [-0.39, 0.29) is 0 Å². The van der Waals surface area contributed by atoms with Crippen LogP contribution in [0.2, 0.25) is 5.02 Å². The van der Waals surface area contributed by atoms with Crippen LogP contribution in [0, 0.1) is 0 Å². The molecule has 4 rings (SSSR count). The van der Waals surface area contributed by atoms with Crippen LogP contribution in [-0.2, 0) is 6.54 Å². The Balaban J connectivity index is 1.35. The second-order valence-corrected chi connectivity index (χ2v) is 6.70. The molecule has 0 bridgehead atoms. The number of nitrogens with zero attached hydrogens (tertiary/aromatic N) is 1. The van der Waals surface area contributed by atoms with Gasteiger partial charge in [-0.1, -0.05) is 23.7 Å². The molecule has 24 heavy (non-hydrogen) atoms. The molecule has 2 aliphatic heterocycles. The zero-order chi connectivity index (χ0) is 16.4. The molecule has 1 N–H and O–H groups in total. The zero-order valence-electron chi connectivity index (χ0n) is 13.5. The summed E-state index contributed by atoms with van der Waals surface area (Å²) >= 11 is 5.93. The summed E-state index contributed by atoms with van der Waals surface area (Å²) in [5.74, 6) is 1.71. The molecule has 2 heterocycles. The molecule has 0 spiro atoms. The summed E-state index contributed by atoms with van der Waals surface area (Å²) in [5, 5.41) is 4.42. The Morgan fingerprint density at radius 2 is 1.83 bits per heavy atom. The first kappa shape index (κ1) is 15.6. The second-order valence-electron chi connectivity index (χ2n) is 6.27. The minimum absolute atomic E-state index is 0.494. The molecule has 2 aromatic rings. The summed E-state index contributed by atoms with van der Waals surface area (Å²) in [5.41, 5.74) is 2.47. The van der Waals surface area contributed by atoms with E-state index in [1.54, 1.807) is 0 Å². The van der Waals surface area contributed by atoms with Gasteiger partial charge in [-0.2, -0.15) is 0 Å². The average Bonchev–Trinajstić information content (AvgIpc) is 3.10. The number of hydrogen-bond donors (Lipinski definition) is 1. The topological polar surface area (TPSA) is 33.7 Å². The van der Waals surface area contributed by atoms with Crippen molar-refractivity contribution in [3.63, 3.8) is 0 Å². The summed E-state index contributed by atoms with van der Waals surface area (Å²) in [4.78, 5) is 2.40. The molecule has 126 valence electrons. The van der Waals surface area contributed by atoms with Crippen LogP contribution in [0.5, 0.6) is 11.5 Å². The van der Waals surface area contributed by atoms with E-state index in [1.807, 2.05) is 18.2 Å². The first-order valence-electron chi connectivity index (χ1n) is 8.40. The summed E-state index contributed by atoms with van der Waals surface area (Å²) < 4.78 is 11.3. The predicted molar refractivity (Wildman–Crippen MR) is 96.3 cm³/mol. The maximum Gasteiger partial charge on any atom is 0.163 e. The van der Waals surface area contributed by atoms with Gasteiger partial charge in [-0.05, 0) is 36.2 Å². The Kier molecular flexibility index (Phi) is 4.50. The number of ether oxygens (including phenoxy) is 2. The maximum absolute atomic E-state index is 5.93. The lowest BCUT2D eigenvalue weighted by atomic mass is 10.2. The third kappa shape index (κ3) is 3.45. The van der Waals surface area contributed by atoms with Crippen molar-refractivity contribution >= 4 is 17.3 Å². The van der Waals surface area contributed by atoms with Crippen LogP contribution >= 0.6 is 11.6 Å². The van der Waals surface area contributed by atoms with E-state index >= 15 is 0 Å². The van der Waals surface area contributed by atoms with Crippen LogP contribution in [0.1, 0.15) is 12.0 Å². The molecule has 2 aliphatic rings. The summed E-state index contributed by atoms with van der Waals surface area (Å²) in [7, 11) is 0. The Labute approximate surface area is 147 Å². The van der Waals surface area contributed by atoms with Crippen LogP contribution in [0.4, 0.5) is 5.69 Å². The van der Waals surface area contributed by atoms with Crippen molar-refractivity contribution in [2.24, 2.45) is 0 Å². The highest BCUT2D eigenvalue weighted by Crippen LogP contribution is 2.34. The lowest BCUT2D eigenvalue weighted by Gasteiger charge is -2.23. The highest BCUT2D eigenvalue weighted by molar-refractivity contribution is 6.30. The number of rotatable bonds is 4. The first-order chi connectivity index (χ1) is 11.8. The SMILES string of the molecule is Clc1ccc(CNC2CCN(c3ccc4c(c3)OCCO4)C2)cc1. The van der Waals surface area contributed by atoms with Crippen molar-refractivity contribution in [2.75, 3.05) is 31.2 Å². The van der Waals surface area contributed by atoms with Gasteiger partial charge in [0.15, 0.2) is 11.5 Å². The molecule has 1 fully saturated rings. The van der Waals surface area contributed by atoms with E-state index in [9.17, 15) is 0 Å². The van der Waals surface area contributed by atoms with Gasteiger partial charge < -0.3 is 19.7 Å². The third-order valence-electron chi connectivity index (χ3n) is 4.59. The van der Waals surface area contributed by atoms with Gasteiger partial charge in [-0.3, -0.25) is 0 Å². The van der Waals surface area contributed by atoms with Gasteiger partial charge >= 0.3 is 0 Å². The maximum atomic E-state index is 5.93. The van der Waals surface area contributed by atoms with Crippen molar-refractivity contribution in [1.29, 1.82) is 0 Å². The van der Waals surface area contributed by atoms with E-state index in [4.69, 9.17) is 21.1 Å². The van der Waals surface area contributed by atoms with E-state index in [0.29, 0.717) is 19.3 Å². The number of halogens is 1. The van der Waals surface area contributed by atoms with Crippen LogP contribution < -0.4 is 19.7 Å². The van der Waals surface area contributed by atoms with Gasteiger partial charge in [-0.25, -0.2) is 0 Å². The van der Waals surface area contributed by atoms with E-state index < -0.39 is 0 Å². The molecular formula is C19H21ClN2O2. The van der Waals surface area contributed by atoms with Crippen LogP contribution in [0.3, 0.4) is 0 Å². The van der Waals surface area contributed by atoms with Crippen LogP contribution in [0.15, 0.2) is 42.5 Å². The largest absolute Gasteiger partial charge is 0.486 e. The lowest BCUT2D eigenvalue weighted by molar-refractivity contribution is 0.171. The van der Waals surface area contributed by atoms with Crippen molar-refractivity contribution in [3.05, 3.63) is 53.1 Å². The molecule has 5 heteroatoms. The smallest absolute Gasteiger partial charge is 0.163 e. The highest BCUT2D eigenvalue weighted by atomic mass is 35.5.